The molecule has 2 atom stereocenters. The van der Waals surface area contributed by atoms with Gasteiger partial charge < -0.3 is 4.74 Å². The van der Waals surface area contributed by atoms with Crippen molar-refractivity contribution in [3.63, 3.8) is 0 Å². The SMILES string of the molecule is CCOC(=O)C(c1ccccc1)S(C)=O. The molecule has 2 unspecified atom stereocenters. The molecule has 1 aromatic carbocycles. The average molecular weight is 226 g/mol. The Labute approximate surface area is 91.9 Å². The van der Waals surface area contributed by atoms with Gasteiger partial charge in [-0.15, -0.1) is 0 Å². The van der Waals surface area contributed by atoms with Crippen molar-refractivity contribution < 1.29 is 13.7 Å². The van der Waals surface area contributed by atoms with E-state index in [1.54, 1.807) is 19.1 Å². The predicted molar refractivity (Wildman–Crippen MR) is 59.9 cm³/mol. The summed E-state index contributed by atoms with van der Waals surface area (Å²) in [5.74, 6) is -0.426. The van der Waals surface area contributed by atoms with Gasteiger partial charge in [-0.25, -0.2) is 0 Å². The van der Waals surface area contributed by atoms with Crippen molar-refractivity contribution in [2.24, 2.45) is 0 Å². The van der Waals surface area contributed by atoms with Crippen LogP contribution in [0.2, 0.25) is 0 Å². The van der Waals surface area contributed by atoms with E-state index in [9.17, 15) is 9.00 Å². The highest BCUT2D eigenvalue weighted by Gasteiger charge is 2.25. The third-order valence-corrected chi connectivity index (χ3v) is 3.06. The first-order valence-corrected chi connectivity index (χ1v) is 6.32. The molecule has 1 aromatic rings. The van der Waals surface area contributed by atoms with E-state index in [0.29, 0.717) is 6.61 Å². The first-order chi connectivity index (χ1) is 7.16. The van der Waals surface area contributed by atoms with Gasteiger partial charge in [-0.05, 0) is 12.5 Å². The summed E-state index contributed by atoms with van der Waals surface area (Å²) in [6.45, 7) is 2.04. The minimum atomic E-state index is -1.26. The lowest BCUT2D eigenvalue weighted by molar-refractivity contribution is -0.142. The Kier molecular flexibility index (Phi) is 4.49. The summed E-state index contributed by atoms with van der Waals surface area (Å²) in [5, 5.41) is -0.675. The van der Waals surface area contributed by atoms with E-state index in [1.165, 1.54) is 6.26 Å². The van der Waals surface area contributed by atoms with E-state index >= 15 is 0 Å². The molecule has 0 heterocycles. The smallest absolute Gasteiger partial charge is 0.326 e. The van der Waals surface area contributed by atoms with Crippen LogP contribution in [-0.2, 0) is 20.3 Å². The molecule has 0 N–H and O–H groups in total. The van der Waals surface area contributed by atoms with E-state index < -0.39 is 22.0 Å². The van der Waals surface area contributed by atoms with Gasteiger partial charge in [0.2, 0.25) is 0 Å². The molecule has 0 aromatic heterocycles. The van der Waals surface area contributed by atoms with Crippen LogP contribution in [0.3, 0.4) is 0 Å². The van der Waals surface area contributed by atoms with Crippen LogP contribution in [0.5, 0.6) is 0 Å². The summed E-state index contributed by atoms with van der Waals surface area (Å²) < 4.78 is 16.4. The zero-order valence-electron chi connectivity index (χ0n) is 8.80. The van der Waals surface area contributed by atoms with E-state index in [2.05, 4.69) is 0 Å². The number of ether oxygens (including phenoxy) is 1. The Morgan fingerprint density at radius 3 is 2.47 bits per heavy atom. The zero-order chi connectivity index (χ0) is 11.3. The quantitative estimate of drug-likeness (QED) is 0.733. The molecule has 1 rings (SSSR count). The van der Waals surface area contributed by atoms with Gasteiger partial charge in [0.1, 0.15) is 0 Å². The largest absolute Gasteiger partial charge is 0.465 e. The molecule has 0 aliphatic carbocycles. The van der Waals surface area contributed by atoms with E-state index in [1.807, 2.05) is 18.2 Å². The molecule has 0 fully saturated rings. The van der Waals surface area contributed by atoms with Crippen LogP contribution in [0.25, 0.3) is 0 Å². The van der Waals surface area contributed by atoms with Crippen molar-refractivity contribution in [1.29, 1.82) is 0 Å². The van der Waals surface area contributed by atoms with Gasteiger partial charge in [0.15, 0.2) is 5.25 Å². The lowest BCUT2D eigenvalue weighted by atomic mass is 10.1. The Morgan fingerprint density at radius 1 is 1.40 bits per heavy atom. The Hall–Kier alpha value is -1.16. The fraction of sp³-hybridized carbons (Fsp3) is 0.364. The summed E-state index contributed by atoms with van der Waals surface area (Å²) in [7, 11) is -1.26. The lowest BCUT2D eigenvalue weighted by Gasteiger charge is -2.12. The standard InChI is InChI=1S/C11H14O3S/c1-3-14-11(12)10(15(2)13)9-7-5-4-6-8-9/h4-8,10H,3H2,1-2H3. The minimum Gasteiger partial charge on any atom is -0.465 e. The molecule has 0 saturated carbocycles. The fourth-order valence-electron chi connectivity index (χ4n) is 1.31. The third-order valence-electron chi connectivity index (χ3n) is 1.93. The first-order valence-electron chi connectivity index (χ1n) is 4.70. The molecule has 0 aliphatic rings. The van der Waals surface area contributed by atoms with Crippen molar-refractivity contribution in [2.75, 3.05) is 12.9 Å². The lowest BCUT2D eigenvalue weighted by Crippen LogP contribution is -2.19. The van der Waals surface area contributed by atoms with E-state index in [0.717, 1.165) is 5.56 Å². The Morgan fingerprint density at radius 2 is 2.00 bits per heavy atom. The molecule has 0 bridgehead atoms. The molecule has 0 amide bonds. The maximum atomic E-state index is 11.6. The number of benzene rings is 1. The van der Waals surface area contributed by atoms with E-state index in [-0.39, 0.29) is 0 Å². The maximum absolute atomic E-state index is 11.6. The third kappa shape index (κ3) is 3.16. The molecule has 15 heavy (non-hydrogen) atoms. The van der Waals surface area contributed by atoms with Gasteiger partial charge in [-0.1, -0.05) is 30.3 Å². The van der Waals surface area contributed by atoms with Crippen LogP contribution in [0.15, 0.2) is 30.3 Å². The fourth-order valence-corrected chi connectivity index (χ4v) is 2.19. The van der Waals surface area contributed by atoms with Crippen molar-refractivity contribution >= 4 is 16.8 Å². The van der Waals surface area contributed by atoms with Crippen LogP contribution in [0.1, 0.15) is 17.7 Å². The van der Waals surface area contributed by atoms with Crippen molar-refractivity contribution in [3.05, 3.63) is 35.9 Å². The van der Waals surface area contributed by atoms with Gasteiger partial charge in [0.25, 0.3) is 0 Å². The molecule has 0 radical (unpaired) electrons. The molecule has 82 valence electrons. The minimum absolute atomic E-state index is 0.305. The normalized spacial score (nSPS) is 14.3. The van der Waals surface area contributed by atoms with Crippen LogP contribution < -0.4 is 0 Å². The zero-order valence-corrected chi connectivity index (χ0v) is 9.62. The maximum Gasteiger partial charge on any atom is 0.326 e. The predicted octanol–water partition coefficient (Wildman–Crippen LogP) is 1.67. The van der Waals surface area contributed by atoms with Gasteiger partial charge in [-0.3, -0.25) is 9.00 Å². The second kappa shape index (κ2) is 5.66. The van der Waals surface area contributed by atoms with Gasteiger partial charge in [-0.2, -0.15) is 0 Å². The Balaban J connectivity index is 2.94. The molecule has 0 saturated heterocycles. The second-order valence-electron chi connectivity index (χ2n) is 3.04. The van der Waals surface area contributed by atoms with Crippen molar-refractivity contribution in [3.8, 4) is 0 Å². The molecular weight excluding hydrogens is 212 g/mol. The highest BCUT2D eigenvalue weighted by atomic mass is 32.2. The number of hydrogen-bond acceptors (Lipinski definition) is 3. The summed E-state index contributed by atoms with van der Waals surface area (Å²) in [4.78, 5) is 11.6. The highest BCUT2D eigenvalue weighted by Crippen LogP contribution is 2.20. The number of carbonyl (C=O) groups is 1. The molecular formula is C11H14O3S. The summed E-state index contributed by atoms with van der Waals surface area (Å²) >= 11 is 0. The first kappa shape index (κ1) is 11.9. The Bertz CT molecular complexity index is 348. The van der Waals surface area contributed by atoms with Crippen LogP contribution in [0.4, 0.5) is 0 Å². The average Bonchev–Trinajstić information content (AvgIpc) is 2.19. The molecule has 0 spiro atoms. The van der Waals surface area contributed by atoms with Gasteiger partial charge in [0.05, 0.1) is 6.61 Å². The number of esters is 1. The molecule has 4 heteroatoms. The monoisotopic (exact) mass is 226 g/mol. The highest BCUT2D eigenvalue weighted by molar-refractivity contribution is 7.85. The summed E-state index contributed by atoms with van der Waals surface area (Å²) in [6.07, 6.45) is 1.51. The molecule has 3 nitrogen and oxygen atoms in total. The van der Waals surface area contributed by atoms with Crippen molar-refractivity contribution in [2.45, 2.75) is 12.2 Å². The van der Waals surface area contributed by atoms with Crippen LogP contribution >= 0.6 is 0 Å². The van der Waals surface area contributed by atoms with Crippen LogP contribution in [0, 0.1) is 0 Å². The number of hydrogen-bond donors (Lipinski definition) is 0. The summed E-state index contributed by atoms with van der Waals surface area (Å²) in [6, 6.07) is 9.04. The number of rotatable bonds is 4. The topological polar surface area (TPSA) is 43.4 Å². The summed E-state index contributed by atoms with van der Waals surface area (Å²) in [5.41, 5.74) is 0.733. The number of carbonyl (C=O) groups excluding carboxylic acids is 1. The van der Waals surface area contributed by atoms with Gasteiger partial charge in [0, 0.05) is 17.1 Å². The second-order valence-corrected chi connectivity index (χ2v) is 4.51. The molecule has 0 aliphatic heterocycles. The van der Waals surface area contributed by atoms with Crippen molar-refractivity contribution in [1.82, 2.24) is 0 Å². The van der Waals surface area contributed by atoms with Crippen LogP contribution in [-0.4, -0.2) is 23.0 Å². The van der Waals surface area contributed by atoms with E-state index in [4.69, 9.17) is 4.74 Å². The van der Waals surface area contributed by atoms with Gasteiger partial charge >= 0.3 is 5.97 Å².